The van der Waals surface area contributed by atoms with E-state index in [1.807, 2.05) is 12.1 Å². The molecule has 3 nitrogen and oxygen atoms in total. The van der Waals surface area contributed by atoms with Crippen LogP contribution >= 0.6 is 0 Å². The summed E-state index contributed by atoms with van der Waals surface area (Å²) in [4.78, 5) is 2.40. The van der Waals surface area contributed by atoms with Crippen LogP contribution in [0, 0.1) is 5.41 Å². The highest BCUT2D eigenvalue weighted by molar-refractivity contribution is 5.31. The Labute approximate surface area is 128 Å². The lowest BCUT2D eigenvalue weighted by atomic mass is 9.86. The standard InChI is InChI=1S/C18H29NO2/c1-18(2,3)9-11-19-10-8-16(17(20)13-19)14-6-5-7-15(12-14)21-4/h5-7,12,16-17,20H,8-11,13H2,1-4H3/t16-,17+/m0/s1. The number of hydrogen-bond acceptors (Lipinski definition) is 3. The fourth-order valence-corrected chi connectivity index (χ4v) is 2.95. The van der Waals surface area contributed by atoms with Crippen LogP contribution in [-0.2, 0) is 0 Å². The van der Waals surface area contributed by atoms with Crippen LogP contribution in [0.2, 0.25) is 0 Å². The van der Waals surface area contributed by atoms with Crippen LogP contribution in [-0.4, -0.2) is 42.9 Å². The molecule has 1 aliphatic rings. The molecule has 1 aliphatic heterocycles. The summed E-state index contributed by atoms with van der Waals surface area (Å²) in [6.45, 7) is 9.73. The maximum absolute atomic E-state index is 10.5. The Bertz CT molecular complexity index is 453. The van der Waals surface area contributed by atoms with E-state index in [-0.39, 0.29) is 12.0 Å². The number of nitrogens with zero attached hydrogens (tertiary/aromatic N) is 1. The SMILES string of the molecule is COc1cccc([C@@H]2CCN(CCC(C)(C)C)C[C@H]2O)c1. The maximum Gasteiger partial charge on any atom is 0.119 e. The molecule has 3 heteroatoms. The topological polar surface area (TPSA) is 32.7 Å². The van der Waals surface area contributed by atoms with Crippen molar-refractivity contribution in [3.63, 3.8) is 0 Å². The third-order valence-electron chi connectivity index (χ3n) is 4.37. The van der Waals surface area contributed by atoms with E-state index in [2.05, 4.69) is 37.8 Å². The first-order valence-corrected chi connectivity index (χ1v) is 7.93. The largest absolute Gasteiger partial charge is 0.497 e. The number of piperidine rings is 1. The van der Waals surface area contributed by atoms with Gasteiger partial charge < -0.3 is 14.7 Å². The van der Waals surface area contributed by atoms with Gasteiger partial charge in [0.25, 0.3) is 0 Å². The molecular formula is C18H29NO2. The van der Waals surface area contributed by atoms with E-state index in [0.29, 0.717) is 5.41 Å². The van der Waals surface area contributed by atoms with Crippen molar-refractivity contribution in [3.05, 3.63) is 29.8 Å². The van der Waals surface area contributed by atoms with Gasteiger partial charge in [0.1, 0.15) is 5.75 Å². The summed E-state index contributed by atoms with van der Waals surface area (Å²) in [6.07, 6.45) is 1.90. The van der Waals surface area contributed by atoms with Gasteiger partial charge in [0.05, 0.1) is 13.2 Å². The zero-order valence-electron chi connectivity index (χ0n) is 13.8. The number of ether oxygens (including phenoxy) is 1. The molecule has 2 rings (SSSR count). The van der Waals surface area contributed by atoms with Crippen LogP contribution in [0.5, 0.6) is 5.75 Å². The van der Waals surface area contributed by atoms with E-state index in [1.165, 1.54) is 12.0 Å². The number of hydrogen-bond donors (Lipinski definition) is 1. The summed E-state index contributed by atoms with van der Waals surface area (Å²) >= 11 is 0. The van der Waals surface area contributed by atoms with Crippen molar-refractivity contribution in [1.29, 1.82) is 0 Å². The van der Waals surface area contributed by atoms with Gasteiger partial charge in [-0.25, -0.2) is 0 Å². The fourth-order valence-electron chi connectivity index (χ4n) is 2.95. The molecule has 0 aliphatic carbocycles. The summed E-state index contributed by atoms with van der Waals surface area (Å²) in [6, 6.07) is 8.11. The van der Waals surface area contributed by atoms with Crippen molar-refractivity contribution in [2.45, 2.75) is 45.6 Å². The average molecular weight is 291 g/mol. The van der Waals surface area contributed by atoms with Gasteiger partial charge in [-0.3, -0.25) is 0 Å². The van der Waals surface area contributed by atoms with Gasteiger partial charge in [0, 0.05) is 12.5 Å². The molecule has 0 unspecified atom stereocenters. The number of β-amino-alcohol motifs (C(OH)–C–C–N with tert-alkyl or cyclic N) is 1. The van der Waals surface area contributed by atoms with E-state index >= 15 is 0 Å². The molecule has 0 aromatic heterocycles. The number of likely N-dealkylation sites (tertiary alicyclic amines) is 1. The minimum atomic E-state index is -0.286. The Kier molecular flexibility index (Phi) is 5.28. The molecule has 1 aromatic carbocycles. The van der Waals surface area contributed by atoms with Crippen LogP contribution in [0.15, 0.2) is 24.3 Å². The zero-order valence-corrected chi connectivity index (χ0v) is 13.8. The number of rotatable bonds is 4. The van der Waals surface area contributed by atoms with E-state index in [0.717, 1.165) is 31.8 Å². The normalized spacial score (nSPS) is 24.0. The predicted octanol–water partition coefficient (Wildman–Crippen LogP) is 3.28. The number of aliphatic hydroxyl groups is 1. The minimum Gasteiger partial charge on any atom is -0.497 e. The fraction of sp³-hybridized carbons (Fsp3) is 0.667. The Balaban J connectivity index is 1.94. The summed E-state index contributed by atoms with van der Waals surface area (Å²) < 4.78 is 5.29. The van der Waals surface area contributed by atoms with Gasteiger partial charge in [-0.15, -0.1) is 0 Å². The second-order valence-electron chi connectivity index (χ2n) is 7.35. The van der Waals surface area contributed by atoms with Gasteiger partial charge in [-0.05, 0) is 49.0 Å². The third kappa shape index (κ3) is 4.72. The van der Waals surface area contributed by atoms with Crippen molar-refractivity contribution in [2.24, 2.45) is 5.41 Å². The van der Waals surface area contributed by atoms with Crippen LogP contribution in [0.4, 0.5) is 0 Å². The monoisotopic (exact) mass is 291 g/mol. The van der Waals surface area contributed by atoms with Crippen molar-refractivity contribution in [2.75, 3.05) is 26.7 Å². The number of benzene rings is 1. The average Bonchev–Trinajstić information content (AvgIpc) is 2.44. The van der Waals surface area contributed by atoms with E-state index < -0.39 is 0 Å². The minimum absolute atomic E-state index is 0.228. The molecule has 21 heavy (non-hydrogen) atoms. The molecule has 0 spiro atoms. The Hall–Kier alpha value is -1.06. The first-order valence-electron chi connectivity index (χ1n) is 7.93. The van der Waals surface area contributed by atoms with Crippen LogP contribution < -0.4 is 4.74 Å². The van der Waals surface area contributed by atoms with Gasteiger partial charge in [0.15, 0.2) is 0 Å². The second kappa shape index (κ2) is 6.80. The van der Waals surface area contributed by atoms with E-state index in [9.17, 15) is 5.11 Å². The highest BCUT2D eigenvalue weighted by Crippen LogP contribution is 2.31. The van der Waals surface area contributed by atoms with Crippen molar-refractivity contribution in [3.8, 4) is 5.75 Å². The zero-order chi connectivity index (χ0) is 15.5. The molecule has 2 atom stereocenters. The summed E-state index contributed by atoms with van der Waals surface area (Å²) in [5.74, 6) is 1.10. The Morgan fingerprint density at radius 1 is 1.33 bits per heavy atom. The van der Waals surface area contributed by atoms with Crippen LogP contribution in [0.3, 0.4) is 0 Å². The molecule has 0 radical (unpaired) electrons. The molecule has 1 saturated heterocycles. The maximum atomic E-state index is 10.5. The van der Waals surface area contributed by atoms with Gasteiger partial charge in [-0.1, -0.05) is 32.9 Å². The van der Waals surface area contributed by atoms with Gasteiger partial charge in [-0.2, -0.15) is 0 Å². The van der Waals surface area contributed by atoms with E-state index in [4.69, 9.17) is 4.74 Å². The highest BCUT2D eigenvalue weighted by atomic mass is 16.5. The quantitative estimate of drug-likeness (QED) is 0.924. The summed E-state index contributed by atoms with van der Waals surface area (Å²) in [5.41, 5.74) is 1.55. The molecule has 0 bridgehead atoms. The van der Waals surface area contributed by atoms with Gasteiger partial charge in [0.2, 0.25) is 0 Å². The first-order chi connectivity index (χ1) is 9.89. The molecule has 0 amide bonds. The second-order valence-corrected chi connectivity index (χ2v) is 7.35. The lowest BCUT2D eigenvalue weighted by Gasteiger charge is -2.37. The Morgan fingerprint density at radius 3 is 2.71 bits per heavy atom. The Morgan fingerprint density at radius 2 is 2.10 bits per heavy atom. The van der Waals surface area contributed by atoms with Gasteiger partial charge >= 0.3 is 0 Å². The molecule has 1 fully saturated rings. The summed E-state index contributed by atoms with van der Waals surface area (Å²) in [7, 11) is 1.69. The highest BCUT2D eigenvalue weighted by Gasteiger charge is 2.29. The van der Waals surface area contributed by atoms with Crippen LogP contribution in [0.25, 0.3) is 0 Å². The third-order valence-corrected chi connectivity index (χ3v) is 4.37. The number of aliphatic hydroxyl groups excluding tert-OH is 1. The number of methoxy groups -OCH3 is 1. The summed E-state index contributed by atoms with van der Waals surface area (Å²) in [5, 5.41) is 10.5. The first kappa shape index (κ1) is 16.3. The predicted molar refractivity (Wildman–Crippen MR) is 86.9 cm³/mol. The van der Waals surface area contributed by atoms with Crippen molar-refractivity contribution < 1.29 is 9.84 Å². The molecule has 1 heterocycles. The van der Waals surface area contributed by atoms with E-state index in [1.54, 1.807) is 7.11 Å². The molecular weight excluding hydrogens is 262 g/mol. The smallest absolute Gasteiger partial charge is 0.119 e. The molecule has 1 N–H and O–H groups in total. The van der Waals surface area contributed by atoms with Crippen molar-refractivity contribution in [1.82, 2.24) is 4.90 Å². The van der Waals surface area contributed by atoms with Crippen LogP contribution in [0.1, 0.15) is 45.1 Å². The van der Waals surface area contributed by atoms with Crippen molar-refractivity contribution >= 4 is 0 Å². The molecule has 0 saturated carbocycles. The molecule has 118 valence electrons. The lowest BCUT2D eigenvalue weighted by Crippen LogP contribution is -2.43. The molecule has 1 aromatic rings. The lowest BCUT2D eigenvalue weighted by molar-refractivity contribution is 0.0464.